The minimum Gasteiger partial charge on any atom is -0.372 e. The van der Waals surface area contributed by atoms with Crippen LogP contribution >= 0.6 is 0 Å². The molecule has 4 rings (SSSR count). The first-order valence-corrected chi connectivity index (χ1v) is 12.6. The van der Waals surface area contributed by atoms with Crippen molar-refractivity contribution in [2.75, 3.05) is 37.7 Å². The molecule has 0 bridgehead atoms. The molecule has 0 saturated carbocycles. The number of para-hydroxylation sites is 1. The molecule has 0 spiro atoms. The summed E-state index contributed by atoms with van der Waals surface area (Å²) in [6.45, 7) is 0.515. The van der Waals surface area contributed by atoms with Gasteiger partial charge in [-0.05, 0) is 30.2 Å². The van der Waals surface area contributed by atoms with E-state index in [4.69, 9.17) is 4.74 Å². The Kier molecular flexibility index (Phi) is 9.21. The fraction of sp³-hybridized carbons (Fsp3) is 0.276. The third-order valence-corrected chi connectivity index (χ3v) is 6.06. The van der Waals surface area contributed by atoms with E-state index < -0.39 is 17.7 Å². The van der Waals surface area contributed by atoms with E-state index in [1.165, 1.54) is 0 Å². The Labute approximate surface area is 226 Å². The normalized spacial score (nSPS) is 13.5. The van der Waals surface area contributed by atoms with Crippen molar-refractivity contribution >= 4 is 35.2 Å². The summed E-state index contributed by atoms with van der Waals surface area (Å²) in [5, 5.41) is 5.29. The monoisotopic (exact) mass is 528 g/mol. The van der Waals surface area contributed by atoms with E-state index >= 15 is 0 Å². The third kappa shape index (κ3) is 7.40. The van der Waals surface area contributed by atoms with Crippen LogP contribution in [0.2, 0.25) is 0 Å². The molecule has 0 aromatic heterocycles. The molecule has 2 aromatic rings. The van der Waals surface area contributed by atoms with E-state index in [0.29, 0.717) is 13.0 Å². The number of benzene rings is 2. The van der Waals surface area contributed by atoms with Crippen LogP contribution in [0, 0.1) is 11.8 Å². The SMILES string of the molecule is O=C(COCCCNC(=O)CN1C(=O)C=CC1=O)NCCC(=O)N1Cc2ccccc2C#Cc2ccccc21. The zero-order valence-electron chi connectivity index (χ0n) is 21.3. The number of nitrogens with zero attached hydrogens (tertiary/aromatic N) is 2. The number of fused-ring (bicyclic) bond motifs is 2. The Balaban J connectivity index is 1.15. The lowest BCUT2D eigenvalue weighted by molar-refractivity contribution is -0.141. The van der Waals surface area contributed by atoms with E-state index in [9.17, 15) is 24.0 Å². The third-order valence-electron chi connectivity index (χ3n) is 6.06. The van der Waals surface area contributed by atoms with Gasteiger partial charge in [0.2, 0.25) is 17.7 Å². The highest BCUT2D eigenvalue weighted by Gasteiger charge is 2.25. The molecule has 0 fully saturated rings. The fourth-order valence-electron chi connectivity index (χ4n) is 4.06. The van der Waals surface area contributed by atoms with Gasteiger partial charge in [0.25, 0.3) is 11.8 Å². The average molecular weight is 529 g/mol. The second-order valence-electron chi connectivity index (χ2n) is 8.86. The predicted molar refractivity (Wildman–Crippen MR) is 142 cm³/mol. The molecule has 5 amide bonds. The number of rotatable bonds is 11. The lowest BCUT2D eigenvalue weighted by atomic mass is 10.0. The highest BCUT2D eigenvalue weighted by molar-refractivity contribution is 6.14. The molecule has 0 unspecified atom stereocenters. The molecule has 2 aliphatic rings. The standard InChI is InChI=1S/C29H28N4O6/c34-25(19-33-27(36)12-13-28(33)37)30-15-5-17-39-20-26(35)31-16-14-29(38)32-18-23-8-2-1-6-21(23)10-11-22-7-3-4-9-24(22)32/h1-4,6-9,12-13H,5,14-20H2,(H,30,34)(H,31,35). The van der Waals surface area contributed by atoms with Gasteiger partial charge in [-0.1, -0.05) is 42.2 Å². The summed E-state index contributed by atoms with van der Waals surface area (Å²) >= 11 is 0. The van der Waals surface area contributed by atoms with Crippen LogP contribution in [0.1, 0.15) is 29.5 Å². The Morgan fingerprint density at radius 1 is 0.846 bits per heavy atom. The fourth-order valence-corrected chi connectivity index (χ4v) is 4.06. The van der Waals surface area contributed by atoms with Crippen molar-refractivity contribution in [3.8, 4) is 11.8 Å². The van der Waals surface area contributed by atoms with Crippen LogP contribution in [0.5, 0.6) is 0 Å². The molecule has 10 nitrogen and oxygen atoms in total. The Morgan fingerprint density at radius 2 is 1.51 bits per heavy atom. The molecule has 0 aliphatic carbocycles. The van der Waals surface area contributed by atoms with Crippen molar-refractivity contribution in [1.29, 1.82) is 0 Å². The van der Waals surface area contributed by atoms with Gasteiger partial charge < -0.3 is 20.3 Å². The van der Waals surface area contributed by atoms with Gasteiger partial charge in [0.1, 0.15) is 13.2 Å². The average Bonchev–Trinajstić information content (AvgIpc) is 3.24. The summed E-state index contributed by atoms with van der Waals surface area (Å²) in [5.74, 6) is 4.37. The van der Waals surface area contributed by atoms with Crippen molar-refractivity contribution < 1.29 is 28.7 Å². The van der Waals surface area contributed by atoms with Crippen molar-refractivity contribution in [1.82, 2.24) is 15.5 Å². The Hall–Kier alpha value is -4.75. The van der Waals surface area contributed by atoms with Gasteiger partial charge in [-0.15, -0.1) is 0 Å². The summed E-state index contributed by atoms with van der Waals surface area (Å²) in [6, 6.07) is 15.2. The summed E-state index contributed by atoms with van der Waals surface area (Å²) in [4.78, 5) is 62.6. The topological polar surface area (TPSA) is 125 Å². The molecule has 2 heterocycles. The van der Waals surface area contributed by atoms with Gasteiger partial charge in [0, 0.05) is 49.4 Å². The molecular formula is C29H28N4O6. The first-order chi connectivity index (χ1) is 18.9. The van der Waals surface area contributed by atoms with Gasteiger partial charge in [-0.25, -0.2) is 0 Å². The minimum absolute atomic E-state index is 0.110. The van der Waals surface area contributed by atoms with Gasteiger partial charge in [-0.2, -0.15) is 0 Å². The molecule has 0 radical (unpaired) electrons. The lowest BCUT2D eigenvalue weighted by Gasteiger charge is -2.26. The van der Waals surface area contributed by atoms with E-state index in [0.717, 1.165) is 39.4 Å². The largest absolute Gasteiger partial charge is 0.372 e. The van der Waals surface area contributed by atoms with E-state index in [1.54, 1.807) is 4.90 Å². The predicted octanol–water partition coefficient (Wildman–Crippen LogP) is 0.887. The first-order valence-electron chi connectivity index (χ1n) is 12.6. The lowest BCUT2D eigenvalue weighted by Crippen LogP contribution is -2.40. The highest BCUT2D eigenvalue weighted by atomic mass is 16.5. The Morgan fingerprint density at radius 3 is 2.31 bits per heavy atom. The van der Waals surface area contributed by atoms with Crippen LogP contribution in [-0.2, 0) is 35.3 Å². The van der Waals surface area contributed by atoms with Crippen molar-refractivity contribution in [2.24, 2.45) is 0 Å². The smallest absolute Gasteiger partial charge is 0.254 e. The maximum Gasteiger partial charge on any atom is 0.254 e. The summed E-state index contributed by atoms with van der Waals surface area (Å²) in [5.41, 5.74) is 3.34. The maximum atomic E-state index is 13.2. The number of hydrogen-bond acceptors (Lipinski definition) is 6. The number of imide groups is 1. The van der Waals surface area contributed by atoms with E-state index in [2.05, 4.69) is 22.5 Å². The van der Waals surface area contributed by atoms with Crippen LogP contribution in [0.4, 0.5) is 5.69 Å². The first kappa shape index (κ1) is 27.3. The molecule has 200 valence electrons. The van der Waals surface area contributed by atoms with Crippen LogP contribution < -0.4 is 15.5 Å². The number of ether oxygens (including phenoxy) is 1. The number of nitrogens with one attached hydrogen (secondary N) is 2. The molecule has 2 aromatic carbocycles. The molecule has 0 atom stereocenters. The minimum atomic E-state index is -0.516. The second-order valence-corrected chi connectivity index (χ2v) is 8.86. The van der Waals surface area contributed by atoms with Crippen LogP contribution in [0.3, 0.4) is 0 Å². The van der Waals surface area contributed by atoms with Crippen LogP contribution in [0.25, 0.3) is 0 Å². The number of carbonyl (C=O) groups excluding carboxylic acids is 5. The molecular weight excluding hydrogens is 500 g/mol. The number of amides is 5. The van der Waals surface area contributed by atoms with Gasteiger partial charge in [-0.3, -0.25) is 28.9 Å². The van der Waals surface area contributed by atoms with Gasteiger partial charge in [0.05, 0.1) is 12.2 Å². The summed E-state index contributed by atoms with van der Waals surface area (Å²) < 4.78 is 5.33. The maximum absolute atomic E-state index is 13.2. The quantitative estimate of drug-likeness (QED) is 0.254. The number of hydrogen-bond donors (Lipinski definition) is 2. The van der Waals surface area contributed by atoms with Crippen LogP contribution in [-0.4, -0.2) is 67.3 Å². The zero-order chi connectivity index (χ0) is 27.6. The molecule has 2 N–H and O–H groups in total. The van der Waals surface area contributed by atoms with Crippen molar-refractivity contribution in [3.05, 3.63) is 77.4 Å². The van der Waals surface area contributed by atoms with E-state index in [1.807, 2.05) is 48.5 Å². The highest BCUT2D eigenvalue weighted by Crippen LogP contribution is 2.25. The summed E-state index contributed by atoms with van der Waals surface area (Å²) in [6.07, 6.45) is 2.79. The summed E-state index contributed by atoms with van der Waals surface area (Å²) in [7, 11) is 0. The zero-order valence-corrected chi connectivity index (χ0v) is 21.3. The van der Waals surface area contributed by atoms with Gasteiger partial charge in [0.15, 0.2) is 0 Å². The number of carbonyl (C=O) groups is 5. The van der Waals surface area contributed by atoms with Crippen molar-refractivity contribution in [3.63, 3.8) is 0 Å². The molecule has 2 aliphatic heterocycles. The second kappa shape index (κ2) is 13.2. The number of anilines is 1. The molecule has 0 saturated heterocycles. The Bertz CT molecular complexity index is 1360. The van der Waals surface area contributed by atoms with Crippen molar-refractivity contribution in [2.45, 2.75) is 19.4 Å². The van der Waals surface area contributed by atoms with Crippen LogP contribution in [0.15, 0.2) is 60.7 Å². The molecule has 39 heavy (non-hydrogen) atoms. The molecule has 10 heteroatoms. The van der Waals surface area contributed by atoms with Gasteiger partial charge >= 0.3 is 0 Å². The van der Waals surface area contributed by atoms with E-state index in [-0.39, 0.29) is 51.1 Å².